The Labute approximate surface area is 110 Å². The van der Waals surface area contributed by atoms with E-state index in [-0.39, 0.29) is 24.5 Å². The summed E-state index contributed by atoms with van der Waals surface area (Å²) >= 11 is 0. The molecule has 0 aromatic carbocycles. The Morgan fingerprint density at radius 3 is 2.78 bits per heavy atom. The molecule has 0 aromatic rings. The lowest BCUT2D eigenvalue weighted by atomic mass is 9.99. The molecular weight excluding hydrogens is 230 g/mol. The molecule has 0 radical (unpaired) electrons. The van der Waals surface area contributed by atoms with Crippen LogP contribution in [0.15, 0.2) is 0 Å². The summed E-state index contributed by atoms with van der Waals surface area (Å²) in [7, 11) is 0. The third kappa shape index (κ3) is 4.94. The fourth-order valence-electron chi connectivity index (χ4n) is 2.22. The van der Waals surface area contributed by atoms with E-state index in [1.54, 1.807) is 0 Å². The monoisotopic (exact) mass is 257 g/mol. The van der Waals surface area contributed by atoms with Gasteiger partial charge >= 0.3 is 0 Å². The number of likely N-dealkylation sites (tertiary alicyclic amines) is 1. The van der Waals surface area contributed by atoms with Gasteiger partial charge in [-0.1, -0.05) is 13.8 Å². The Morgan fingerprint density at radius 2 is 2.17 bits per heavy atom. The minimum Gasteiger partial charge on any atom is -0.396 e. The molecular formula is C14H27NO3. The van der Waals surface area contributed by atoms with Crippen LogP contribution in [0.4, 0.5) is 0 Å². The van der Waals surface area contributed by atoms with E-state index < -0.39 is 0 Å². The highest BCUT2D eigenvalue weighted by Crippen LogP contribution is 2.17. The maximum atomic E-state index is 12.2. The van der Waals surface area contributed by atoms with Crippen molar-refractivity contribution in [3.05, 3.63) is 0 Å². The minimum atomic E-state index is -0.360. The average molecular weight is 257 g/mol. The third-order valence-electron chi connectivity index (χ3n) is 3.50. The molecule has 0 aliphatic carbocycles. The van der Waals surface area contributed by atoms with Crippen molar-refractivity contribution in [3.63, 3.8) is 0 Å². The van der Waals surface area contributed by atoms with Crippen molar-refractivity contribution < 1.29 is 14.6 Å². The van der Waals surface area contributed by atoms with E-state index in [4.69, 9.17) is 9.84 Å². The van der Waals surface area contributed by atoms with Crippen molar-refractivity contribution in [2.45, 2.75) is 46.1 Å². The summed E-state index contributed by atoms with van der Waals surface area (Å²) in [6.07, 6.45) is 2.62. The van der Waals surface area contributed by atoms with Crippen LogP contribution in [0.5, 0.6) is 0 Å². The number of amides is 1. The third-order valence-corrected chi connectivity index (χ3v) is 3.50. The number of nitrogens with zero attached hydrogens (tertiary/aromatic N) is 1. The topological polar surface area (TPSA) is 49.8 Å². The normalized spacial score (nSPS) is 22.3. The number of hydrogen-bond acceptors (Lipinski definition) is 3. The van der Waals surface area contributed by atoms with Gasteiger partial charge in [-0.3, -0.25) is 4.79 Å². The Bertz CT molecular complexity index is 255. The van der Waals surface area contributed by atoms with Crippen molar-refractivity contribution in [1.82, 2.24) is 4.90 Å². The summed E-state index contributed by atoms with van der Waals surface area (Å²) < 4.78 is 5.58. The first kappa shape index (κ1) is 15.4. The standard InChI is InChI=1S/C14H27NO3/c1-11(2)6-8-18-12(3)14(17)15-7-4-5-13(9-15)10-16/h11-13,16H,4-10H2,1-3H3. The molecule has 1 amide bonds. The minimum absolute atomic E-state index is 0.0666. The molecule has 0 spiro atoms. The number of piperidine rings is 1. The smallest absolute Gasteiger partial charge is 0.251 e. The first-order chi connectivity index (χ1) is 8.54. The summed E-state index contributed by atoms with van der Waals surface area (Å²) in [5, 5.41) is 9.16. The summed E-state index contributed by atoms with van der Waals surface area (Å²) in [5.41, 5.74) is 0. The van der Waals surface area contributed by atoms with Crippen LogP contribution in [-0.4, -0.2) is 48.3 Å². The number of rotatable bonds is 6. The van der Waals surface area contributed by atoms with Gasteiger partial charge in [-0.05, 0) is 38.0 Å². The van der Waals surface area contributed by atoms with Crippen LogP contribution < -0.4 is 0 Å². The molecule has 106 valence electrons. The number of ether oxygens (including phenoxy) is 1. The van der Waals surface area contributed by atoms with Crippen molar-refractivity contribution in [2.24, 2.45) is 11.8 Å². The van der Waals surface area contributed by atoms with E-state index in [2.05, 4.69) is 13.8 Å². The highest BCUT2D eigenvalue weighted by molar-refractivity contribution is 5.80. The lowest BCUT2D eigenvalue weighted by molar-refractivity contribution is -0.145. The van der Waals surface area contributed by atoms with Crippen molar-refractivity contribution in [3.8, 4) is 0 Å². The Balaban J connectivity index is 2.33. The molecule has 1 aliphatic rings. The SMILES string of the molecule is CC(C)CCOC(C)C(=O)N1CCCC(CO)C1. The predicted octanol–water partition coefficient (Wildman–Crippen LogP) is 1.67. The second kappa shape index (κ2) is 7.74. The van der Waals surface area contributed by atoms with E-state index in [1.807, 2.05) is 11.8 Å². The molecule has 0 bridgehead atoms. The molecule has 2 unspecified atom stereocenters. The molecule has 1 heterocycles. The summed E-state index contributed by atoms with van der Waals surface area (Å²) in [5.74, 6) is 0.906. The van der Waals surface area contributed by atoms with Gasteiger partial charge in [0.15, 0.2) is 0 Å². The van der Waals surface area contributed by atoms with Gasteiger partial charge < -0.3 is 14.7 Å². The van der Waals surface area contributed by atoms with Crippen LogP contribution in [0.3, 0.4) is 0 Å². The summed E-state index contributed by atoms with van der Waals surface area (Å²) in [4.78, 5) is 14.0. The molecule has 0 aromatic heterocycles. The van der Waals surface area contributed by atoms with E-state index in [0.717, 1.165) is 25.8 Å². The van der Waals surface area contributed by atoms with E-state index in [1.165, 1.54) is 0 Å². The molecule has 2 atom stereocenters. The Hall–Kier alpha value is -0.610. The number of carbonyl (C=O) groups is 1. The van der Waals surface area contributed by atoms with Gasteiger partial charge in [-0.15, -0.1) is 0 Å². The lowest BCUT2D eigenvalue weighted by Gasteiger charge is -2.33. The highest BCUT2D eigenvalue weighted by atomic mass is 16.5. The van der Waals surface area contributed by atoms with E-state index in [9.17, 15) is 4.79 Å². The maximum absolute atomic E-state index is 12.2. The second-order valence-corrected chi connectivity index (χ2v) is 5.67. The lowest BCUT2D eigenvalue weighted by Crippen LogP contribution is -2.45. The molecule has 18 heavy (non-hydrogen) atoms. The first-order valence-electron chi connectivity index (χ1n) is 7.05. The molecule has 4 heteroatoms. The van der Waals surface area contributed by atoms with Gasteiger partial charge in [0.2, 0.25) is 0 Å². The van der Waals surface area contributed by atoms with Gasteiger partial charge in [0, 0.05) is 26.3 Å². The molecule has 0 saturated carbocycles. The average Bonchev–Trinajstić information content (AvgIpc) is 2.37. The second-order valence-electron chi connectivity index (χ2n) is 5.67. The van der Waals surface area contributed by atoms with Crippen LogP contribution in [-0.2, 0) is 9.53 Å². The van der Waals surface area contributed by atoms with Crippen LogP contribution in [0.2, 0.25) is 0 Å². The number of aliphatic hydroxyl groups excluding tert-OH is 1. The van der Waals surface area contributed by atoms with E-state index in [0.29, 0.717) is 19.1 Å². The Morgan fingerprint density at radius 1 is 1.44 bits per heavy atom. The van der Waals surface area contributed by atoms with Crippen LogP contribution >= 0.6 is 0 Å². The fourth-order valence-corrected chi connectivity index (χ4v) is 2.22. The molecule has 1 N–H and O–H groups in total. The summed E-state index contributed by atoms with van der Waals surface area (Å²) in [6, 6.07) is 0. The molecule has 4 nitrogen and oxygen atoms in total. The number of aliphatic hydroxyl groups is 1. The maximum Gasteiger partial charge on any atom is 0.251 e. The first-order valence-corrected chi connectivity index (χ1v) is 7.05. The quantitative estimate of drug-likeness (QED) is 0.787. The zero-order valence-electron chi connectivity index (χ0n) is 11.9. The highest BCUT2D eigenvalue weighted by Gasteiger charge is 2.26. The zero-order valence-corrected chi connectivity index (χ0v) is 11.9. The van der Waals surface area contributed by atoms with E-state index >= 15 is 0 Å². The van der Waals surface area contributed by atoms with Gasteiger partial charge in [0.1, 0.15) is 6.10 Å². The molecule has 1 saturated heterocycles. The van der Waals surface area contributed by atoms with Gasteiger partial charge in [0.25, 0.3) is 5.91 Å². The van der Waals surface area contributed by atoms with Crippen molar-refractivity contribution in [1.29, 1.82) is 0 Å². The van der Waals surface area contributed by atoms with Crippen LogP contribution in [0, 0.1) is 11.8 Å². The van der Waals surface area contributed by atoms with Crippen molar-refractivity contribution >= 4 is 5.91 Å². The fraction of sp³-hybridized carbons (Fsp3) is 0.929. The largest absolute Gasteiger partial charge is 0.396 e. The molecule has 1 aliphatic heterocycles. The van der Waals surface area contributed by atoms with Crippen LogP contribution in [0.1, 0.15) is 40.0 Å². The van der Waals surface area contributed by atoms with Crippen LogP contribution in [0.25, 0.3) is 0 Å². The van der Waals surface area contributed by atoms with Gasteiger partial charge in [-0.25, -0.2) is 0 Å². The molecule has 1 fully saturated rings. The zero-order chi connectivity index (χ0) is 13.5. The van der Waals surface area contributed by atoms with Crippen molar-refractivity contribution in [2.75, 3.05) is 26.3 Å². The summed E-state index contributed by atoms with van der Waals surface area (Å²) in [6.45, 7) is 8.40. The number of carbonyl (C=O) groups excluding carboxylic acids is 1. The van der Waals surface area contributed by atoms with Gasteiger partial charge in [0.05, 0.1) is 0 Å². The van der Waals surface area contributed by atoms with Gasteiger partial charge in [-0.2, -0.15) is 0 Å². The Kier molecular flexibility index (Phi) is 6.65. The predicted molar refractivity (Wildman–Crippen MR) is 71.3 cm³/mol. The number of hydrogen-bond donors (Lipinski definition) is 1. The molecule has 1 rings (SSSR count).